The summed E-state index contributed by atoms with van der Waals surface area (Å²) in [4.78, 5) is 0. The fourth-order valence-electron chi connectivity index (χ4n) is 2.14. The molecule has 0 heterocycles. The third-order valence-electron chi connectivity index (χ3n) is 3.31. The predicted molar refractivity (Wildman–Crippen MR) is 66.8 cm³/mol. The van der Waals surface area contributed by atoms with Crippen LogP contribution in [0.25, 0.3) is 0 Å². The van der Waals surface area contributed by atoms with E-state index in [1.807, 2.05) is 7.05 Å². The summed E-state index contributed by atoms with van der Waals surface area (Å²) in [7, 11) is 2.05. The third-order valence-corrected chi connectivity index (χ3v) is 3.31. The fraction of sp³-hybridized carbons (Fsp3) is 1.00. The smallest absolute Gasteiger partial charge is 0.0704 e. The normalized spacial score (nSPS) is 25.9. The molecule has 16 heavy (non-hydrogen) atoms. The van der Waals surface area contributed by atoms with Crippen LogP contribution in [-0.4, -0.2) is 39.0 Å². The fourth-order valence-corrected chi connectivity index (χ4v) is 2.14. The van der Waals surface area contributed by atoms with E-state index in [1.165, 1.54) is 32.1 Å². The van der Waals surface area contributed by atoms with Gasteiger partial charge in [-0.2, -0.15) is 0 Å². The number of rotatable bonds is 8. The summed E-state index contributed by atoms with van der Waals surface area (Å²) >= 11 is 0. The summed E-state index contributed by atoms with van der Waals surface area (Å²) in [5, 5.41) is 3.33. The van der Waals surface area contributed by atoms with Crippen molar-refractivity contribution in [2.45, 2.75) is 57.6 Å². The molecule has 3 nitrogen and oxygen atoms in total. The molecule has 0 saturated heterocycles. The average molecular weight is 229 g/mol. The van der Waals surface area contributed by atoms with Crippen molar-refractivity contribution in [1.82, 2.24) is 5.32 Å². The molecule has 1 saturated carbocycles. The zero-order valence-corrected chi connectivity index (χ0v) is 10.8. The first-order valence-corrected chi connectivity index (χ1v) is 6.73. The second-order valence-electron chi connectivity index (χ2n) is 4.60. The standard InChI is InChI=1S/C13H27NO2/c1-3-4-9-15-10-11-16-13-7-5-12(14-2)6-8-13/h12-14H,3-11H2,1-2H3. The monoisotopic (exact) mass is 229 g/mol. The van der Waals surface area contributed by atoms with Crippen molar-refractivity contribution in [2.24, 2.45) is 0 Å². The molecule has 0 radical (unpaired) electrons. The van der Waals surface area contributed by atoms with E-state index in [9.17, 15) is 0 Å². The average Bonchev–Trinajstić information content (AvgIpc) is 2.34. The maximum Gasteiger partial charge on any atom is 0.0704 e. The minimum atomic E-state index is 0.472. The van der Waals surface area contributed by atoms with Crippen molar-refractivity contribution in [3.05, 3.63) is 0 Å². The topological polar surface area (TPSA) is 30.5 Å². The minimum absolute atomic E-state index is 0.472. The van der Waals surface area contributed by atoms with Crippen LogP contribution in [0.4, 0.5) is 0 Å². The highest BCUT2D eigenvalue weighted by atomic mass is 16.5. The highest BCUT2D eigenvalue weighted by Gasteiger charge is 2.19. The third kappa shape index (κ3) is 5.83. The molecule has 1 rings (SSSR count). The molecule has 0 aliphatic heterocycles. The number of hydrogen-bond donors (Lipinski definition) is 1. The maximum absolute atomic E-state index is 5.80. The molecule has 0 aromatic heterocycles. The Hall–Kier alpha value is -0.120. The first-order valence-electron chi connectivity index (χ1n) is 6.73. The molecule has 0 unspecified atom stereocenters. The largest absolute Gasteiger partial charge is 0.379 e. The predicted octanol–water partition coefficient (Wildman–Crippen LogP) is 2.35. The molecule has 0 spiro atoms. The van der Waals surface area contributed by atoms with Gasteiger partial charge in [-0.3, -0.25) is 0 Å². The van der Waals surface area contributed by atoms with Gasteiger partial charge < -0.3 is 14.8 Å². The van der Waals surface area contributed by atoms with Crippen LogP contribution in [0.2, 0.25) is 0 Å². The van der Waals surface area contributed by atoms with Gasteiger partial charge in [0.15, 0.2) is 0 Å². The summed E-state index contributed by atoms with van der Waals surface area (Å²) in [6.45, 7) is 4.58. The Morgan fingerprint density at radius 3 is 2.44 bits per heavy atom. The number of hydrogen-bond acceptors (Lipinski definition) is 3. The van der Waals surface area contributed by atoms with Crippen LogP contribution in [0.5, 0.6) is 0 Å². The maximum atomic E-state index is 5.80. The molecule has 0 bridgehead atoms. The Balaban J connectivity index is 1.90. The van der Waals surface area contributed by atoms with E-state index < -0.39 is 0 Å². The summed E-state index contributed by atoms with van der Waals surface area (Å²) in [6, 6.07) is 0.709. The van der Waals surface area contributed by atoms with Gasteiger partial charge in [-0.15, -0.1) is 0 Å². The van der Waals surface area contributed by atoms with E-state index in [1.54, 1.807) is 0 Å². The second-order valence-corrected chi connectivity index (χ2v) is 4.60. The van der Waals surface area contributed by atoms with E-state index in [0.717, 1.165) is 26.2 Å². The Labute approximate surface area is 99.9 Å². The molecule has 0 aromatic rings. The lowest BCUT2D eigenvalue weighted by atomic mass is 9.93. The molecular weight excluding hydrogens is 202 g/mol. The van der Waals surface area contributed by atoms with Crippen molar-refractivity contribution < 1.29 is 9.47 Å². The molecule has 1 N–H and O–H groups in total. The van der Waals surface area contributed by atoms with Crippen LogP contribution in [0, 0.1) is 0 Å². The Morgan fingerprint density at radius 2 is 1.81 bits per heavy atom. The van der Waals surface area contributed by atoms with Crippen LogP contribution in [-0.2, 0) is 9.47 Å². The van der Waals surface area contributed by atoms with Gasteiger partial charge in [0, 0.05) is 12.6 Å². The molecule has 3 heteroatoms. The number of ether oxygens (including phenoxy) is 2. The van der Waals surface area contributed by atoms with Crippen LogP contribution >= 0.6 is 0 Å². The summed E-state index contributed by atoms with van der Waals surface area (Å²) < 4.78 is 11.3. The molecule has 0 atom stereocenters. The zero-order chi connectivity index (χ0) is 11.6. The zero-order valence-electron chi connectivity index (χ0n) is 10.8. The Morgan fingerprint density at radius 1 is 1.06 bits per heavy atom. The van der Waals surface area contributed by atoms with Gasteiger partial charge in [0.2, 0.25) is 0 Å². The summed E-state index contributed by atoms with van der Waals surface area (Å²) in [5.74, 6) is 0. The highest BCUT2D eigenvalue weighted by molar-refractivity contribution is 4.76. The van der Waals surface area contributed by atoms with E-state index in [4.69, 9.17) is 9.47 Å². The van der Waals surface area contributed by atoms with Crippen molar-refractivity contribution in [1.29, 1.82) is 0 Å². The molecule has 1 aliphatic carbocycles. The molecule has 0 aromatic carbocycles. The van der Waals surface area contributed by atoms with E-state index in [-0.39, 0.29) is 0 Å². The van der Waals surface area contributed by atoms with Crippen molar-refractivity contribution in [2.75, 3.05) is 26.9 Å². The quantitative estimate of drug-likeness (QED) is 0.648. The van der Waals surface area contributed by atoms with Gasteiger partial charge in [0.05, 0.1) is 19.3 Å². The molecule has 1 aliphatic rings. The van der Waals surface area contributed by atoms with Crippen molar-refractivity contribution in [3.8, 4) is 0 Å². The van der Waals surface area contributed by atoms with Crippen LogP contribution in [0.15, 0.2) is 0 Å². The first-order chi connectivity index (χ1) is 7.86. The molecule has 1 fully saturated rings. The van der Waals surface area contributed by atoms with E-state index >= 15 is 0 Å². The van der Waals surface area contributed by atoms with Gasteiger partial charge >= 0.3 is 0 Å². The van der Waals surface area contributed by atoms with Crippen LogP contribution < -0.4 is 5.32 Å². The van der Waals surface area contributed by atoms with Gasteiger partial charge in [-0.25, -0.2) is 0 Å². The minimum Gasteiger partial charge on any atom is -0.379 e. The molecular formula is C13H27NO2. The van der Waals surface area contributed by atoms with Gasteiger partial charge in [0.25, 0.3) is 0 Å². The Bertz CT molecular complexity index is 156. The lowest BCUT2D eigenvalue weighted by Crippen LogP contribution is -2.33. The van der Waals surface area contributed by atoms with Gasteiger partial charge in [0.1, 0.15) is 0 Å². The van der Waals surface area contributed by atoms with E-state index in [2.05, 4.69) is 12.2 Å². The number of unbranched alkanes of at least 4 members (excludes halogenated alkanes) is 1. The van der Waals surface area contributed by atoms with Crippen molar-refractivity contribution >= 4 is 0 Å². The summed E-state index contributed by atoms with van der Waals surface area (Å²) in [5.41, 5.74) is 0. The van der Waals surface area contributed by atoms with Crippen molar-refractivity contribution in [3.63, 3.8) is 0 Å². The molecule has 96 valence electrons. The van der Waals surface area contributed by atoms with Crippen LogP contribution in [0.1, 0.15) is 45.4 Å². The number of nitrogens with one attached hydrogen (secondary N) is 1. The summed E-state index contributed by atoms with van der Waals surface area (Å²) in [6.07, 6.45) is 7.72. The highest BCUT2D eigenvalue weighted by Crippen LogP contribution is 2.20. The SMILES string of the molecule is CCCCOCCOC1CCC(NC)CC1. The molecule has 0 amide bonds. The van der Waals surface area contributed by atoms with Gasteiger partial charge in [-0.1, -0.05) is 13.3 Å². The lowest BCUT2D eigenvalue weighted by molar-refractivity contribution is -0.0135. The van der Waals surface area contributed by atoms with Gasteiger partial charge in [-0.05, 0) is 39.2 Å². The Kier molecular flexibility index (Phi) is 7.81. The van der Waals surface area contributed by atoms with Crippen LogP contribution in [0.3, 0.4) is 0 Å². The lowest BCUT2D eigenvalue weighted by Gasteiger charge is -2.28. The first kappa shape index (κ1) is 13.9. The van der Waals surface area contributed by atoms with E-state index in [0.29, 0.717) is 12.1 Å². The second kappa shape index (κ2) is 8.97.